The molecule has 1 atom stereocenters. The van der Waals surface area contributed by atoms with Gasteiger partial charge in [0.1, 0.15) is 6.17 Å². The fourth-order valence-electron chi connectivity index (χ4n) is 4.39. The summed E-state index contributed by atoms with van der Waals surface area (Å²) in [5.41, 5.74) is 0. The first kappa shape index (κ1) is 33.2. The second-order valence-electron chi connectivity index (χ2n) is 9.14. The molecule has 1 aliphatic heterocycles. The average Bonchev–Trinajstić information content (AvgIpc) is 3.18. The van der Waals surface area contributed by atoms with Gasteiger partial charge in [0, 0.05) is 25.5 Å². The molecule has 0 aromatic heterocycles. The van der Waals surface area contributed by atoms with Gasteiger partial charge >= 0.3 is 10.4 Å². The van der Waals surface area contributed by atoms with Crippen LogP contribution in [-0.4, -0.2) is 60.3 Å². The molecule has 2 N–H and O–H groups in total. The maximum atomic E-state index is 9.56. The summed E-state index contributed by atoms with van der Waals surface area (Å²) < 4.78 is 30.7. The Labute approximate surface area is 210 Å². The first-order valence-electron chi connectivity index (χ1n) is 13.8. The SMILES string of the molecule is CCCCCCCCCCCCCCCCCC1N(CC)C=CN1CCO.CCOS(=O)(=O)O. The zero-order valence-electron chi connectivity index (χ0n) is 22.3. The van der Waals surface area contributed by atoms with E-state index in [0.717, 1.165) is 13.1 Å². The molecule has 1 aliphatic rings. The predicted octanol–water partition coefficient (Wildman–Crippen LogP) is 6.50. The molecule has 0 radical (unpaired) electrons. The molecule has 204 valence electrons. The van der Waals surface area contributed by atoms with Gasteiger partial charge in [-0.3, -0.25) is 4.55 Å². The number of hydrogen-bond donors (Lipinski definition) is 2. The topological polar surface area (TPSA) is 90.3 Å². The molecule has 0 fully saturated rings. The second kappa shape index (κ2) is 22.6. The van der Waals surface area contributed by atoms with Crippen LogP contribution in [0.3, 0.4) is 0 Å². The van der Waals surface area contributed by atoms with E-state index in [4.69, 9.17) is 4.55 Å². The summed E-state index contributed by atoms with van der Waals surface area (Å²) in [5.74, 6) is 0. The maximum Gasteiger partial charge on any atom is 0.397 e. The minimum Gasteiger partial charge on any atom is -0.395 e. The van der Waals surface area contributed by atoms with E-state index in [-0.39, 0.29) is 13.2 Å². The smallest absolute Gasteiger partial charge is 0.395 e. The molecular weight excluding hydrogens is 452 g/mol. The summed E-state index contributed by atoms with van der Waals surface area (Å²) in [7, 11) is -4.17. The highest BCUT2D eigenvalue weighted by atomic mass is 32.3. The van der Waals surface area contributed by atoms with Crippen molar-refractivity contribution in [2.75, 3.05) is 26.3 Å². The van der Waals surface area contributed by atoms with E-state index < -0.39 is 10.4 Å². The number of β-amino-alcohol motifs (C(OH)–C–C–N with tert-alkyl or cyclic N) is 1. The number of hydrogen-bond acceptors (Lipinski definition) is 6. The Morgan fingerprint density at radius 3 is 1.53 bits per heavy atom. The monoisotopic (exact) mass is 506 g/mol. The molecule has 0 spiro atoms. The van der Waals surface area contributed by atoms with Gasteiger partial charge in [0.25, 0.3) is 0 Å². The Kier molecular flexibility index (Phi) is 22.1. The van der Waals surface area contributed by atoms with Gasteiger partial charge in [-0.2, -0.15) is 8.42 Å². The van der Waals surface area contributed by atoms with Crippen molar-refractivity contribution in [3.8, 4) is 0 Å². The summed E-state index contributed by atoms with van der Waals surface area (Å²) >= 11 is 0. The van der Waals surface area contributed by atoms with Gasteiger partial charge in [-0.05, 0) is 26.7 Å². The molecule has 7 nitrogen and oxygen atoms in total. The molecule has 0 aliphatic carbocycles. The lowest BCUT2D eigenvalue weighted by Crippen LogP contribution is -2.39. The van der Waals surface area contributed by atoms with Crippen molar-refractivity contribution < 1.29 is 22.3 Å². The van der Waals surface area contributed by atoms with Crippen LogP contribution in [0.5, 0.6) is 0 Å². The molecule has 34 heavy (non-hydrogen) atoms. The van der Waals surface area contributed by atoms with Crippen LogP contribution in [0.4, 0.5) is 0 Å². The maximum absolute atomic E-state index is 9.56. The van der Waals surface area contributed by atoms with Crippen molar-refractivity contribution in [2.24, 2.45) is 0 Å². The molecule has 0 aromatic carbocycles. The van der Waals surface area contributed by atoms with E-state index >= 15 is 0 Å². The Hall–Kier alpha value is -0.830. The summed E-state index contributed by atoms with van der Waals surface area (Å²) in [4.78, 5) is 4.70. The summed E-state index contributed by atoms with van der Waals surface area (Å²) in [5, 5.41) is 9.21. The molecule has 0 aromatic rings. The first-order chi connectivity index (χ1) is 16.4. The summed E-state index contributed by atoms with van der Waals surface area (Å²) in [6.07, 6.45) is 27.3. The van der Waals surface area contributed by atoms with Crippen LogP contribution in [0.15, 0.2) is 12.4 Å². The van der Waals surface area contributed by atoms with Gasteiger partial charge in [0.2, 0.25) is 0 Å². The minimum atomic E-state index is -4.17. The van der Waals surface area contributed by atoms with Gasteiger partial charge < -0.3 is 14.9 Å². The lowest BCUT2D eigenvalue weighted by Gasteiger charge is -2.32. The van der Waals surface area contributed by atoms with Gasteiger partial charge in [0.05, 0.1) is 13.2 Å². The highest BCUT2D eigenvalue weighted by molar-refractivity contribution is 7.80. The Balaban J connectivity index is 0.00000135. The zero-order valence-corrected chi connectivity index (χ0v) is 23.1. The van der Waals surface area contributed by atoms with Crippen molar-refractivity contribution >= 4 is 10.4 Å². The fourth-order valence-corrected chi connectivity index (χ4v) is 4.69. The van der Waals surface area contributed by atoms with E-state index in [2.05, 4.69) is 40.2 Å². The van der Waals surface area contributed by atoms with Crippen molar-refractivity contribution in [1.29, 1.82) is 0 Å². The van der Waals surface area contributed by atoms with E-state index in [1.807, 2.05) is 0 Å². The fraction of sp³-hybridized carbons (Fsp3) is 0.923. The van der Waals surface area contributed by atoms with Crippen LogP contribution in [0.1, 0.15) is 124 Å². The third-order valence-corrected chi connectivity index (χ3v) is 6.80. The van der Waals surface area contributed by atoms with Gasteiger partial charge in [-0.1, -0.05) is 96.8 Å². The molecule has 8 heteroatoms. The Bertz CT molecular complexity index is 572. The van der Waals surface area contributed by atoms with Gasteiger partial charge in [0.15, 0.2) is 0 Å². The Morgan fingerprint density at radius 1 is 0.735 bits per heavy atom. The van der Waals surface area contributed by atoms with Crippen molar-refractivity contribution in [2.45, 2.75) is 130 Å². The van der Waals surface area contributed by atoms with E-state index in [1.54, 1.807) is 0 Å². The van der Waals surface area contributed by atoms with E-state index in [9.17, 15) is 13.5 Å². The van der Waals surface area contributed by atoms with Crippen molar-refractivity contribution in [1.82, 2.24) is 9.80 Å². The van der Waals surface area contributed by atoms with Crippen LogP contribution < -0.4 is 0 Å². The lowest BCUT2D eigenvalue weighted by atomic mass is 10.0. The van der Waals surface area contributed by atoms with Crippen LogP contribution in [0.25, 0.3) is 0 Å². The quantitative estimate of drug-likeness (QED) is 0.136. The highest BCUT2D eigenvalue weighted by Crippen LogP contribution is 2.21. The highest BCUT2D eigenvalue weighted by Gasteiger charge is 2.23. The first-order valence-corrected chi connectivity index (χ1v) is 15.2. The van der Waals surface area contributed by atoms with Gasteiger partial charge in [-0.15, -0.1) is 0 Å². The van der Waals surface area contributed by atoms with Crippen molar-refractivity contribution in [3.63, 3.8) is 0 Å². The van der Waals surface area contributed by atoms with E-state index in [1.165, 1.54) is 110 Å². The number of unbranched alkanes of at least 4 members (excludes halogenated alkanes) is 14. The van der Waals surface area contributed by atoms with Crippen LogP contribution in [0, 0.1) is 0 Å². The molecule has 1 unspecified atom stereocenters. The van der Waals surface area contributed by atoms with E-state index in [0.29, 0.717) is 6.17 Å². The molecular formula is C26H54N2O5S. The van der Waals surface area contributed by atoms with Crippen molar-refractivity contribution in [3.05, 3.63) is 12.4 Å². The number of nitrogens with zero attached hydrogens (tertiary/aromatic N) is 2. The second-order valence-corrected chi connectivity index (χ2v) is 10.2. The number of aliphatic hydroxyl groups excluding tert-OH is 1. The third-order valence-electron chi connectivity index (χ3n) is 6.27. The molecule has 1 heterocycles. The molecule has 0 saturated carbocycles. The molecule has 0 saturated heterocycles. The largest absolute Gasteiger partial charge is 0.397 e. The third kappa shape index (κ3) is 19.5. The number of rotatable bonds is 21. The zero-order chi connectivity index (χ0) is 25.5. The summed E-state index contributed by atoms with van der Waals surface area (Å²) in [6.45, 7) is 8.01. The van der Waals surface area contributed by atoms with Crippen LogP contribution in [0.2, 0.25) is 0 Å². The Morgan fingerprint density at radius 2 is 1.18 bits per heavy atom. The predicted molar refractivity (Wildman–Crippen MR) is 142 cm³/mol. The van der Waals surface area contributed by atoms with Crippen LogP contribution >= 0.6 is 0 Å². The summed E-state index contributed by atoms with van der Waals surface area (Å²) in [6, 6.07) is 0. The van der Waals surface area contributed by atoms with Gasteiger partial charge in [-0.25, -0.2) is 4.18 Å². The molecule has 0 amide bonds. The normalized spacial score (nSPS) is 15.6. The minimum absolute atomic E-state index is 0.0289. The number of aliphatic hydroxyl groups is 1. The standard InChI is InChI=1S/C24H48N2O.C2H6O4S/c1-3-5-6-7-8-9-10-11-12-13-14-15-16-17-18-19-24-25(4-2)20-21-26(24)22-23-27;1-2-6-7(3,4)5/h20-21,24,27H,3-19,22-23H2,1-2H3;2H2,1H3,(H,3,4,5). The lowest BCUT2D eigenvalue weighted by molar-refractivity contribution is 0.122. The van der Waals surface area contributed by atoms with Crippen LogP contribution in [-0.2, 0) is 14.6 Å². The average molecular weight is 507 g/mol. The molecule has 1 rings (SSSR count). The molecule has 0 bridgehead atoms.